The summed E-state index contributed by atoms with van der Waals surface area (Å²) in [6.45, 7) is 4.97. The Morgan fingerprint density at radius 1 is 0.895 bits per heavy atom. The number of hydrogen-bond acceptors (Lipinski definition) is 0. The van der Waals surface area contributed by atoms with Crippen LogP contribution >= 0.6 is 0 Å². The van der Waals surface area contributed by atoms with Crippen molar-refractivity contribution in [2.45, 2.75) is 84.5 Å². The second kappa shape index (κ2) is 6.19. The molecular weight excluding hydrogens is 228 g/mol. The molecule has 0 radical (unpaired) electrons. The van der Waals surface area contributed by atoms with E-state index in [1.165, 1.54) is 25.7 Å². The lowest BCUT2D eigenvalue weighted by Gasteiger charge is -2.47. The molecule has 0 bridgehead atoms. The molecule has 0 heteroatoms. The predicted molar refractivity (Wildman–Crippen MR) is 83.1 cm³/mol. The first-order chi connectivity index (χ1) is 9.31. The number of unbranched alkanes of at least 4 members (excludes halogenated alkanes) is 1. The van der Waals surface area contributed by atoms with Crippen LogP contribution < -0.4 is 0 Å². The van der Waals surface area contributed by atoms with Crippen LogP contribution in [-0.4, -0.2) is 0 Å². The van der Waals surface area contributed by atoms with Crippen LogP contribution in [0.15, 0.2) is 0 Å². The highest BCUT2D eigenvalue weighted by Crippen LogP contribution is 2.56. The molecule has 0 heterocycles. The highest BCUT2D eigenvalue weighted by Gasteiger charge is 2.47. The Hall–Kier alpha value is 0. The van der Waals surface area contributed by atoms with Crippen LogP contribution in [-0.2, 0) is 0 Å². The van der Waals surface area contributed by atoms with Crippen LogP contribution in [0.5, 0.6) is 0 Å². The molecular formula is C19H34. The molecule has 3 aliphatic carbocycles. The van der Waals surface area contributed by atoms with Crippen molar-refractivity contribution >= 4 is 0 Å². The molecule has 3 fully saturated rings. The zero-order chi connectivity index (χ0) is 13.2. The Kier molecular flexibility index (Phi) is 4.54. The van der Waals surface area contributed by atoms with Crippen molar-refractivity contribution in [1.29, 1.82) is 0 Å². The maximum atomic E-state index is 2.59. The second-order valence-electron chi connectivity index (χ2n) is 8.00. The monoisotopic (exact) mass is 262 g/mol. The molecule has 0 aromatic carbocycles. The van der Waals surface area contributed by atoms with Gasteiger partial charge in [0.1, 0.15) is 0 Å². The molecule has 3 rings (SSSR count). The van der Waals surface area contributed by atoms with Crippen molar-refractivity contribution in [1.82, 2.24) is 0 Å². The number of fused-ring (bicyclic) bond motifs is 1. The molecule has 5 atom stereocenters. The van der Waals surface area contributed by atoms with E-state index >= 15 is 0 Å². The third-order valence-corrected chi connectivity index (χ3v) is 6.95. The first kappa shape index (κ1) is 14.0. The molecule has 110 valence electrons. The third-order valence-electron chi connectivity index (χ3n) is 6.95. The Bertz CT molecular complexity index is 276. The van der Waals surface area contributed by atoms with Gasteiger partial charge in [-0.3, -0.25) is 0 Å². The van der Waals surface area contributed by atoms with Gasteiger partial charge in [-0.2, -0.15) is 0 Å². The lowest BCUT2D eigenvalue weighted by molar-refractivity contribution is 0.0160. The van der Waals surface area contributed by atoms with Crippen molar-refractivity contribution in [2.75, 3.05) is 0 Å². The molecule has 0 aromatic rings. The van der Waals surface area contributed by atoms with E-state index in [0.29, 0.717) is 0 Å². The summed E-state index contributed by atoms with van der Waals surface area (Å²) in [4.78, 5) is 0. The van der Waals surface area contributed by atoms with Crippen LogP contribution in [0.3, 0.4) is 0 Å². The van der Waals surface area contributed by atoms with E-state index in [9.17, 15) is 0 Å². The summed E-state index contributed by atoms with van der Waals surface area (Å²) in [5, 5.41) is 0. The summed E-state index contributed by atoms with van der Waals surface area (Å²) < 4.78 is 0. The van der Waals surface area contributed by atoms with Gasteiger partial charge in [-0.25, -0.2) is 0 Å². The zero-order valence-electron chi connectivity index (χ0n) is 13.2. The summed E-state index contributed by atoms with van der Waals surface area (Å²) in [5.74, 6) is 6.62. The third kappa shape index (κ3) is 2.74. The van der Waals surface area contributed by atoms with Crippen LogP contribution in [0.4, 0.5) is 0 Å². The lowest BCUT2D eigenvalue weighted by Crippen LogP contribution is -2.40. The first-order valence-corrected chi connectivity index (χ1v) is 9.31. The fraction of sp³-hybridized carbons (Fsp3) is 1.00. The first-order valence-electron chi connectivity index (χ1n) is 9.31. The van der Waals surface area contributed by atoms with Gasteiger partial charge in [-0.15, -0.1) is 0 Å². The summed E-state index contributed by atoms with van der Waals surface area (Å²) >= 11 is 0. The van der Waals surface area contributed by atoms with Crippen molar-refractivity contribution in [3.8, 4) is 0 Å². The molecule has 0 saturated heterocycles. The summed E-state index contributed by atoms with van der Waals surface area (Å²) in [7, 11) is 0. The minimum absolute atomic E-state index is 1.02. The smallest absolute Gasteiger partial charge is 0.0324 e. The van der Waals surface area contributed by atoms with Gasteiger partial charge in [0, 0.05) is 0 Å². The van der Waals surface area contributed by atoms with Crippen molar-refractivity contribution in [2.24, 2.45) is 35.5 Å². The Balaban J connectivity index is 1.77. The quantitative estimate of drug-likeness (QED) is 0.578. The van der Waals surface area contributed by atoms with Crippen molar-refractivity contribution in [3.05, 3.63) is 0 Å². The molecule has 0 aromatic heterocycles. The summed E-state index contributed by atoms with van der Waals surface area (Å²) in [6.07, 6.45) is 16.9. The standard InChI is InChI=1S/C19H34/c1-3-4-11-17-14(2)13-16-10-7-12-18(16)19(17)15-8-5-6-9-15/h14-19H,3-13H2,1-2H3. The SMILES string of the molecule is CCCCC1C(C)CC2CCCC2C1C1CCCC1. The van der Waals surface area contributed by atoms with Crippen LogP contribution in [0.1, 0.15) is 84.5 Å². The Labute approximate surface area is 120 Å². The van der Waals surface area contributed by atoms with Gasteiger partial charge in [0.2, 0.25) is 0 Å². The van der Waals surface area contributed by atoms with Crippen LogP contribution in [0.2, 0.25) is 0 Å². The Morgan fingerprint density at radius 3 is 2.37 bits per heavy atom. The number of hydrogen-bond donors (Lipinski definition) is 0. The topological polar surface area (TPSA) is 0 Å². The van der Waals surface area contributed by atoms with Crippen LogP contribution in [0.25, 0.3) is 0 Å². The molecule has 3 saturated carbocycles. The van der Waals surface area contributed by atoms with E-state index in [2.05, 4.69) is 13.8 Å². The van der Waals surface area contributed by atoms with E-state index in [1.807, 2.05) is 0 Å². The summed E-state index contributed by atoms with van der Waals surface area (Å²) in [6, 6.07) is 0. The van der Waals surface area contributed by atoms with Gasteiger partial charge in [-0.05, 0) is 54.8 Å². The maximum absolute atomic E-state index is 2.59. The maximum Gasteiger partial charge on any atom is -0.0324 e. The Morgan fingerprint density at radius 2 is 1.63 bits per heavy atom. The molecule has 0 aliphatic heterocycles. The van der Waals surface area contributed by atoms with E-state index in [4.69, 9.17) is 0 Å². The molecule has 0 amide bonds. The van der Waals surface area contributed by atoms with E-state index < -0.39 is 0 Å². The van der Waals surface area contributed by atoms with Gasteiger partial charge >= 0.3 is 0 Å². The van der Waals surface area contributed by atoms with Crippen LogP contribution in [0, 0.1) is 35.5 Å². The van der Waals surface area contributed by atoms with E-state index in [-0.39, 0.29) is 0 Å². The van der Waals surface area contributed by atoms with E-state index in [0.717, 1.165) is 35.5 Å². The number of rotatable bonds is 4. The predicted octanol–water partition coefficient (Wildman–Crippen LogP) is 6.06. The molecule has 0 spiro atoms. The highest BCUT2D eigenvalue weighted by atomic mass is 14.5. The molecule has 0 nitrogen and oxygen atoms in total. The van der Waals surface area contributed by atoms with Gasteiger partial charge < -0.3 is 0 Å². The van der Waals surface area contributed by atoms with Gasteiger partial charge in [0.25, 0.3) is 0 Å². The van der Waals surface area contributed by atoms with Gasteiger partial charge in [0.15, 0.2) is 0 Å². The average molecular weight is 262 g/mol. The minimum atomic E-state index is 1.02. The fourth-order valence-electron chi connectivity index (χ4n) is 6.17. The molecule has 19 heavy (non-hydrogen) atoms. The highest BCUT2D eigenvalue weighted by molar-refractivity contribution is 4.97. The molecule has 0 N–H and O–H groups in total. The summed E-state index contributed by atoms with van der Waals surface area (Å²) in [5.41, 5.74) is 0. The molecule has 3 aliphatic rings. The van der Waals surface area contributed by atoms with Gasteiger partial charge in [-0.1, -0.05) is 65.2 Å². The van der Waals surface area contributed by atoms with Crippen molar-refractivity contribution < 1.29 is 0 Å². The molecule has 5 unspecified atom stereocenters. The lowest BCUT2D eigenvalue weighted by atomic mass is 9.58. The van der Waals surface area contributed by atoms with E-state index in [1.54, 1.807) is 44.9 Å². The largest absolute Gasteiger partial charge is 0.0654 e. The second-order valence-corrected chi connectivity index (χ2v) is 8.00. The minimum Gasteiger partial charge on any atom is -0.0654 e. The van der Waals surface area contributed by atoms with Gasteiger partial charge in [0.05, 0.1) is 0 Å². The fourth-order valence-corrected chi connectivity index (χ4v) is 6.17. The average Bonchev–Trinajstić information content (AvgIpc) is 3.06. The normalized spacial score (nSPS) is 43.6. The zero-order valence-corrected chi connectivity index (χ0v) is 13.2. The van der Waals surface area contributed by atoms with Crippen molar-refractivity contribution in [3.63, 3.8) is 0 Å².